The molecule has 1 heterocycles. The van der Waals surface area contributed by atoms with Crippen LogP contribution in [-0.2, 0) is 4.74 Å². The Labute approximate surface area is 164 Å². The zero-order chi connectivity index (χ0) is 18.6. The molecular weight excluding hydrogens is 404 g/mol. The second-order valence-corrected chi connectivity index (χ2v) is 9.05. The molecule has 1 amide bonds. The lowest BCUT2D eigenvalue weighted by atomic mass is 9.96. The van der Waals surface area contributed by atoms with Gasteiger partial charge < -0.3 is 15.0 Å². The van der Waals surface area contributed by atoms with E-state index in [1.807, 2.05) is 43.9 Å². The monoisotopic (exact) mass is 430 g/mol. The molecule has 25 heavy (non-hydrogen) atoms. The average Bonchev–Trinajstić information content (AvgIpc) is 2.49. The van der Waals surface area contributed by atoms with Crippen LogP contribution in [0.25, 0.3) is 0 Å². The topological polar surface area (TPSA) is 41.6 Å². The third-order valence-electron chi connectivity index (χ3n) is 4.21. The van der Waals surface area contributed by atoms with E-state index in [1.54, 1.807) is 0 Å². The van der Waals surface area contributed by atoms with Crippen molar-refractivity contribution in [3.05, 3.63) is 27.7 Å². The third-order valence-corrected chi connectivity index (χ3v) is 5.03. The first kappa shape index (κ1) is 20.4. The van der Waals surface area contributed by atoms with Crippen molar-refractivity contribution in [3.8, 4) is 0 Å². The van der Waals surface area contributed by atoms with Crippen molar-refractivity contribution in [2.75, 3.05) is 11.9 Å². The minimum absolute atomic E-state index is 0.192. The fourth-order valence-corrected chi connectivity index (χ4v) is 3.68. The van der Waals surface area contributed by atoms with Crippen LogP contribution < -0.4 is 5.32 Å². The van der Waals surface area contributed by atoms with Gasteiger partial charge in [-0.25, -0.2) is 4.79 Å². The highest BCUT2D eigenvalue weighted by molar-refractivity contribution is 9.10. The lowest BCUT2D eigenvalue weighted by Gasteiger charge is -2.38. The van der Waals surface area contributed by atoms with E-state index in [-0.39, 0.29) is 18.2 Å². The second-order valence-electron chi connectivity index (χ2n) is 7.73. The molecule has 0 spiro atoms. The highest BCUT2D eigenvalue weighted by Gasteiger charge is 2.31. The van der Waals surface area contributed by atoms with Crippen LogP contribution in [0.5, 0.6) is 0 Å². The number of halogens is 2. The number of rotatable bonds is 4. The number of nitrogens with one attached hydrogen (secondary N) is 1. The summed E-state index contributed by atoms with van der Waals surface area (Å²) >= 11 is 9.74. The predicted molar refractivity (Wildman–Crippen MR) is 107 cm³/mol. The highest BCUT2D eigenvalue weighted by atomic mass is 79.9. The molecule has 1 aromatic rings. The van der Waals surface area contributed by atoms with Gasteiger partial charge in [0.2, 0.25) is 0 Å². The Morgan fingerprint density at radius 2 is 2.16 bits per heavy atom. The molecule has 4 nitrogen and oxygen atoms in total. The molecule has 1 aliphatic heterocycles. The molecule has 2 atom stereocenters. The Kier molecular flexibility index (Phi) is 7.03. The van der Waals surface area contributed by atoms with Crippen LogP contribution in [-0.4, -0.2) is 35.2 Å². The van der Waals surface area contributed by atoms with E-state index in [2.05, 4.69) is 28.2 Å². The normalized spacial score (nSPS) is 19.4. The summed E-state index contributed by atoms with van der Waals surface area (Å²) in [6.07, 6.45) is 3.85. The van der Waals surface area contributed by atoms with Crippen molar-refractivity contribution >= 4 is 39.3 Å². The molecule has 1 fully saturated rings. The van der Waals surface area contributed by atoms with Gasteiger partial charge in [-0.05, 0) is 71.6 Å². The lowest BCUT2D eigenvalue weighted by Crippen LogP contribution is -2.47. The van der Waals surface area contributed by atoms with Crippen LogP contribution >= 0.6 is 27.5 Å². The first-order valence-corrected chi connectivity index (χ1v) is 10.0. The fourth-order valence-electron chi connectivity index (χ4n) is 3.15. The number of nitrogens with zero attached hydrogens (tertiary/aromatic N) is 1. The van der Waals surface area contributed by atoms with Crippen molar-refractivity contribution in [1.82, 2.24) is 4.90 Å². The fraction of sp³-hybridized carbons (Fsp3) is 0.632. The number of carbonyl (C=O) groups is 1. The molecule has 1 N–H and O–H groups in total. The van der Waals surface area contributed by atoms with Crippen LogP contribution in [0.4, 0.5) is 10.5 Å². The van der Waals surface area contributed by atoms with Gasteiger partial charge in [-0.1, -0.05) is 27.5 Å². The summed E-state index contributed by atoms with van der Waals surface area (Å²) in [6, 6.07) is 6.15. The van der Waals surface area contributed by atoms with Gasteiger partial charge in [-0.2, -0.15) is 0 Å². The summed E-state index contributed by atoms with van der Waals surface area (Å²) in [6.45, 7) is 8.61. The van der Waals surface area contributed by atoms with E-state index in [9.17, 15) is 4.79 Å². The van der Waals surface area contributed by atoms with Gasteiger partial charge in [0, 0.05) is 23.1 Å². The van der Waals surface area contributed by atoms with Crippen LogP contribution in [0.3, 0.4) is 0 Å². The van der Waals surface area contributed by atoms with Gasteiger partial charge in [0.1, 0.15) is 5.60 Å². The Balaban J connectivity index is 2.00. The van der Waals surface area contributed by atoms with Crippen molar-refractivity contribution < 1.29 is 9.53 Å². The number of piperidine rings is 1. The molecule has 0 radical (unpaired) electrons. The zero-order valence-electron chi connectivity index (χ0n) is 15.4. The van der Waals surface area contributed by atoms with Crippen LogP contribution in [0.2, 0.25) is 5.02 Å². The average molecular weight is 432 g/mol. The second kappa shape index (κ2) is 8.63. The molecule has 0 aliphatic carbocycles. The number of benzene rings is 1. The van der Waals surface area contributed by atoms with Gasteiger partial charge in [-0.15, -0.1) is 0 Å². The lowest BCUT2D eigenvalue weighted by molar-refractivity contribution is 0.00852. The molecule has 0 bridgehead atoms. The number of hydrogen-bond acceptors (Lipinski definition) is 3. The molecule has 6 heteroatoms. The van der Waals surface area contributed by atoms with Gasteiger partial charge in [0.15, 0.2) is 0 Å². The van der Waals surface area contributed by atoms with Crippen LogP contribution in [0.15, 0.2) is 22.7 Å². The predicted octanol–water partition coefficient (Wildman–Crippen LogP) is 6.08. The molecule has 0 aromatic heterocycles. The summed E-state index contributed by atoms with van der Waals surface area (Å²) in [5.41, 5.74) is 0.440. The molecule has 1 saturated heterocycles. The van der Waals surface area contributed by atoms with Crippen LogP contribution in [0, 0.1) is 0 Å². The minimum Gasteiger partial charge on any atom is -0.444 e. The first-order valence-electron chi connectivity index (χ1n) is 8.87. The summed E-state index contributed by atoms with van der Waals surface area (Å²) in [4.78, 5) is 14.4. The van der Waals surface area contributed by atoms with Gasteiger partial charge in [-0.3, -0.25) is 0 Å². The molecule has 2 unspecified atom stereocenters. The van der Waals surface area contributed by atoms with Gasteiger partial charge in [0.05, 0.1) is 10.7 Å². The minimum atomic E-state index is -0.465. The Bertz CT molecular complexity index is 604. The SMILES string of the molecule is CC(CC1CCCCN1C(=O)OC(C)(C)C)Nc1cc(Br)ccc1Cl. The van der Waals surface area contributed by atoms with E-state index in [0.29, 0.717) is 5.02 Å². The quantitative estimate of drug-likeness (QED) is 0.628. The molecule has 1 aliphatic rings. The van der Waals surface area contributed by atoms with Gasteiger partial charge in [0.25, 0.3) is 0 Å². The zero-order valence-corrected chi connectivity index (χ0v) is 17.8. The van der Waals surface area contributed by atoms with Crippen molar-refractivity contribution in [2.24, 2.45) is 0 Å². The smallest absolute Gasteiger partial charge is 0.410 e. The maximum Gasteiger partial charge on any atom is 0.410 e. The molecule has 1 aromatic carbocycles. The van der Waals surface area contributed by atoms with E-state index in [1.165, 1.54) is 0 Å². The van der Waals surface area contributed by atoms with E-state index < -0.39 is 5.60 Å². The number of anilines is 1. The van der Waals surface area contributed by atoms with Crippen molar-refractivity contribution in [2.45, 2.75) is 71.1 Å². The number of likely N-dealkylation sites (tertiary alicyclic amines) is 1. The van der Waals surface area contributed by atoms with Crippen molar-refractivity contribution in [1.29, 1.82) is 0 Å². The van der Waals surface area contributed by atoms with E-state index >= 15 is 0 Å². The number of carbonyl (C=O) groups excluding carboxylic acids is 1. The largest absolute Gasteiger partial charge is 0.444 e. The first-order chi connectivity index (χ1) is 11.7. The summed E-state index contributed by atoms with van der Waals surface area (Å²) in [7, 11) is 0. The Morgan fingerprint density at radius 3 is 2.84 bits per heavy atom. The Morgan fingerprint density at radius 1 is 1.44 bits per heavy atom. The van der Waals surface area contributed by atoms with Gasteiger partial charge >= 0.3 is 6.09 Å². The summed E-state index contributed by atoms with van der Waals surface area (Å²) in [5.74, 6) is 0. The summed E-state index contributed by atoms with van der Waals surface area (Å²) in [5, 5.41) is 4.16. The number of hydrogen-bond donors (Lipinski definition) is 1. The molecule has 140 valence electrons. The Hall–Kier alpha value is -0.940. The van der Waals surface area contributed by atoms with Crippen LogP contribution in [0.1, 0.15) is 53.4 Å². The molecule has 0 saturated carbocycles. The summed E-state index contributed by atoms with van der Waals surface area (Å²) < 4.78 is 6.57. The number of ether oxygens (including phenoxy) is 1. The number of amides is 1. The molecule has 2 rings (SSSR count). The maximum atomic E-state index is 12.5. The maximum absolute atomic E-state index is 12.5. The highest BCUT2D eigenvalue weighted by Crippen LogP contribution is 2.28. The van der Waals surface area contributed by atoms with Crippen molar-refractivity contribution in [3.63, 3.8) is 0 Å². The van der Waals surface area contributed by atoms with E-state index in [0.717, 1.165) is 42.4 Å². The standard InChI is InChI=1S/C19H28BrClN2O2/c1-13(22-17-12-14(20)8-9-16(17)21)11-15-7-5-6-10-23(15)18(24)25-19(2,3)4/h8-9,12-13,15,22H,5-7,10-11H2,1-4H3. The third kappa shape index (κ3) is 6.37. The van der Waals surface area contributed by atoms with E-state index in [4.69, 9.17) is 16.3 Å². The molecular formula is C19H28BrClN2O2.